The zero-order valence-electron chi connectivity index (χ0n) is 6.67. The second-order valence-corrected chi connectivity index (χ2v) is 3.13. The van der Waals surface area contributed by atoms with Crippen molar-refractivity contribution in [1.29, 1.82) is 0 Å². The van der Waals surface area contributed by atoms with Gasteiger partial charge in [0.05, 0.1) is 13.4 Å². The standard InChI is InChI=1S/C6H8IN3O2/c1-10(12-2)5-4(7)6(11)9-3-8-5/h3H,1-2H3,(H,8,9,11). The number of halogens is 1. The van der Waals surface area contributed by atoms with E-state index in [0.29, 0.717) is 9.39 Å². The van der Waals surface area contributed by atoms with Crippen LogP contribution >= 0.6 is 22.6 Å². The molecule has 1 heterocycles. The van der Waals surface area contributed by atoms with E-state index < -0.39 is 0 Å². The lowest BCUT2D eigenvalue weighted by Crippen LogP contribution is -2.22. The maximum Gasteiger partial charge on any atom is 0.266 e. The third-order valence-electron chi connectivity index (χ3n) is 1.35. The van der Waals surface area contributed by atoms with Crippen molar-refractivity contribution < 1.29 is 4.84 Å². The number of aromatic amines is 1. The van der Waals surface area contributed by atoms with Crippen LogP contribution in [-0.4, -0.2) is 24.1 Å². The average Bonchev–Trinajstić information content (AvgIpc) is 2.08. The lowest BCUT2D eigenvalue weighted by atomic mass is 10.6. The molecule has 0 atom stereocenters. The van der Waals surface area contributed by atoms with Gasteiger partial charge in [-0.2, -0.15) is 0 Å². The molecule has 1 aromatic rings. The molecule has 0 aliphatic carbocycles. The Morgan fingerprint density at radius 1 is 1.75 bits per heavy atom. The molecule has 0 radical (unpaired) electrons. The van der Waals surface area contributed by atoms with Gasteiger partial charge in [-0.3, -0.25) is 9.63 Å². The Morgan fingerprint density at radius 3 is 3.00 bits per heavy atom. The molecular formula is C6H8IN3O2. The lowest BCUT2D eigenvalue weighted by molar-refractivity contribution is 0.182. The molecule has 0 spiro atoms. The summed E-state index contributed by atoms with van der Waals surface area (Å²) in [5.41, 5.74) is -0.162. The molecule has 0 saturated heterocycles. The Bertz CT molecular complexity index is 325. The molecule has 0 amide bonds. The quantitative estimate of drug-likeness (QED) is 0.628. The Balaban J connectivity index is 3.16. The van der Waals surface area contributed by atoms with E-state index >= 15 is 0 Å². The van der Waals surface area contributed by atoms with Crippen LogP contribution in [0.4, 0.5) is 5.82 Å². The van der Waals surface area contributed by atoms with E-state index in [4.69, 9.17) is 4.84 Å². The molecule has 1 aromatic heterocycles. The molecule has 0 unspecified atom stereocenters. The van der Waals surface area contributed by atoms with E-state index in [1.807, 2.05) is 22.6 Å². The summed E-state index contributed by atoms with van der Waals surface area (Å²) < 4.78 is 0.513. The largest absolute Gasteiger partial charge is 0.312 e. The number of nitrogens with one attached hydrogen (secondary N) is 1. The number of rotatable bonds is 2. The number of anilines is 1. The third kappa shape index (κ3) is 1.75. The van der Waals surface area contributed by atoms with Crippen LogP contribution in [0, 0.1) is 3.57 Å². The Hall–Kier alpha value is -0.630. The minimum atomic E-state index is -0.162. The van der Waals surface area contributed by atoms with Gasteiger partial charge < -0.3 is 4.98 Å². The van der Waals surface area contributed by atoms with Crippen molar-refractivity contribution in [2.24, 2.45) is 0 Å². The first-order chi connectivity index (χ1) is 5.66. The predicted octanol–water partition coefficient (Wildman–Crippen LogP) is 0.372. The highest BCUT2D eigenvalue weighted by Gasteiger charge is 2.08. The zero-order chi connectivity index (χ0) is 9.14. The van der Waals surface area contributed by atoms with E-state index in [1.54, 1.807) is 7.05 Å². The first kappa shape index (κ1) is 9.46. The van der Waals surface area contributed by atoms with Gasteiger partial charge in [-0.1, -0.05) is 0 Å². The fourth-order valence-corrected chi connectivity index (χ4v) is 1.31. The number of H-pyrrole nitrogens is 1. The topological polar surface area (TPSA) is 58.2 Å². The second-order valence-electron chi connectivity index (χ2n) is 2.05. The van der Waals surface area contributed by atoms with Crippen molar-refractivity contribution >= 4 is 28.4 Å². The second kappa shape index (κ2) is 3.85. The van der Waals surface area contributed by atoms with Crippen molar-refractivity contribution in [2.75, 3.05) is 19.2 Å². The number of nitrogens with zero attached hydrogens (tertiary/aromatic N) is 2. The molecule has 0 saturated carbocycles. The average molecular weight is 281 g/mol. The summed E-state index contributed by atoms with van der Waals surface area (Å²) >= 11 is 1.92. The van der Waals surface area contributed by atoms with E-state index in [9.17, 15) is 4.79 Å². The first-order valence-corrected chi connectivity index (χ1v) is 4.25. The molecule has 0 aromatic carbocycles. The summed E-state index contributed by atoms with van der Waals surface area (Å²) in [5.74, 6) is 0.516. The van der Waals surface area contributed by atoms with Crippen LogP contribution in [0.5, 0.6) is 0 Å². The van der Waals surface area contributed by atoms with Gasteiger partial charge in [-0.15, -0.1) is 0 Å². The van der Waals surface area contributed by atoms with Gasteiger partial charge in [-0.05, 0) is 22.6 Å². The SMILES string of the molecule is CON(C)c1nc[nH]c(=O)c1I. The van der Waals surface area contributed by atoms with Gasteiger partial charge >= 0.3 is 0 Å². The van der Waals surface area contributed by atoms with Crippen molar-refractivity contribution in [3.05, 3.63) is 20.3 Å². The van der Waals surface area contributed by atoms with Crippen LogP contribution in [0.15, 0.2) is 11.1 Å². The van der Waals surface area contributed by atoms with Crippen molar-refractivity contribution in [3.63, 3.8) is 0 Å². The fourth-order valence-electron chi connectivity index (χ4n) is 0.680. The van der Waals surface area contributed by atoms with Crippen LogP contribution < -0.4 is 10.6 Å². The number of aromatic nitrogens is 2. The third-order valence-corrected chi connectivity index (χ3v) is 2.32. The van der Waals surface area contributed by atoms with E-state index in [2.05, 4.69) is 9.97 Å². The molecule has 5 nitrogen and oxygen atoms in total. The maximum absolute atomic E-state index is 11.1. The first-order valence-electron chi connectivity index (χ1n) is 3.18. The summed E-state index contributed by atoms with van der Waals surface area (Å²) in [6, 6.07) is 0. The van der Waals surface area contributed by atoms with Gasteiger partial charge in [0.25, 0.3) is 5.56 Å². The molecule has 0 fully saturated rings. The maximum atomic E-state index is 11.1. The Kier molecular flexibility index (Phi) is 3.04. The van der Waals surface area contributed by atoms with Crippen molar-refractivity contribution in [3.8, 4) is 0 Å². The van der Waals surface area contributed by atoms with E-state index in [1.165, 1.54) is 18.5 Å². The Labute approximate surface area is 82.9 Å². The molecule has 6 heteroatoms. The number of hydrogen-bond donors (Lipinski definition) is 1. The molecule has 1 rings (SSSR count). The van der Waals surface area contributed by atoms with Gasteiger partial charge in [0.1, 0.15) is 3.57 Å². The molecule has 12 heavy (non-hydrogen) atoms. The molecule has 66 valence electrons. The minimum Gasteiger partial charge on any atom is -0.312 e. The summed E-state index contributed by atoms with van der Waals surface area (Å²) in [6.07, 6.45) is 1.34. The van der Waals surface area contributed by atoms with E-state index in [0.717, 1.165) is 0 Å². The Morgan fingerprint density at radius 2 is 2.42 bits per heavy atom. The highest BCUT2D eigenvalue weighted by atomic mass is 127. The van der Waals surface area contributed by atoms with Crippen LogP contribution in [0.25, 0.3) is 0 Å². The van der Waals surface area contributed by atoms with Crippen LogP contribution in [0.1, 0.15) is 0 Å². The highest BCUT2D eigenvalue weighted by molar-refractivity contribution is 14.1. The molecular weight excluding hydrogens is 273 g/mol. The summed E-state index contributed by atoms with van der Waals surface area (Å²) in [6.45, 7) is 0. The highest BCUT2D eigenvalue weighted by Crippen LogP contribution is 2.12. The van der Waals surface area contributed by atoms with E-state index in [-0.39, 0.29) is 5.56 Å². The zero-order valence-corrected chi connectivity index (χ0v) is 8.82. The molecule has 0 aliphatic heterocycles. The number of hydroxylamine groups is 1. The number of hydrogen-bond acceptors (Lipinski definition) is 4. The summed E-state index contributed by atoms with van der Waals surface area (Å²) in [4.78, 5) is 22.4. The van der Waals surface area contributed by atoms with Gasteiger partial charge in [0.2, 0.25) is 0 Å². The molecule has 0 bridgehead atoms. The lowest BCUT2D eigenvalue weighted by Gasteiger charge is -2.14. The predicted molar refractivity (Wildman–Crippen MR) is 53.0 cm³/mol. The fraction of sp³-hybridized carbons (Fsp3) is 0.333. The normalized spacial score (nSPS) is 9.92. The van der Waals surface area contributed by atoms with Crippen LogP contribution in [0.2, 0.25) is 0 Å². The van der Waals surface area contributed by atoms with Gasteiger partial charge in [-0.25, -0.2) is 10.0 Å². The van der Waals surface area contributed by atoms with Gasteiger partial charge in [0.15, 0.2) is 5.82 Å². The smallest absolute Gasteiger partial charge is 0.266 e. The summed E-state index contributed by atoms with van der Waals surface area (Å²) in [5, 5.41) is 1.43. The summed E-state index contributed by atoms with van der Waals surface area (Å²) in [7, 11) is 3.20. The van der Waals surface area contributed by atoms with Crippen molar-refractivity contribution in [1.82, 2.24) is 9.97 Å². The van der Waals surface area contributed by atoms with Crippen LogP contribution in [-0.2, 0) is 4.84 Å². The van der Waals surface area contributed by atoms with Gasteiger partial charge in [0, 0.05) is 7.05 Å². The van der Waals surface area contributed by atoms with Crippen molar-refractivity contribution in [2.45, 2.75) is 0 Å². The molecule has 1 N–H and O–H groups in total. The van der Waals surface area contributed by atoms with Crippen LogP contribution in [0.3, 0.4) is 0 Å². The minimum absolute atomic E-state index is 0.162. The monoisotopic (exact) mass is 281 g/mol. The molecule has 0 aliphatic rings.